The Morgan fingerprint density at radius 3 is 2.37 bits per heavy atom. The second kappa shape index (κ2) is 7.87. The topological polar surface area (TPSA) is 84.9 Å². The summed E-state index contributed by atoms with van der Waals surface area (Å²) in [6.07, 6.45) is 1.95. The molecule has 2 aromatic rings. The molecule has 0 saturated carbocycles. The summed E-state index contributed by atoms with van der Waals surface area (Å²) in [6, 6.07) is 10.8. The first kappa shape index (κ1) is 19.0. The molecule has 0 aliphatic carbocycles. The number of carbonyl (C=O) groups is 1. The van der Waals surface area contributed by atoms with Crippen LogP contribution < -0.4 is 14.2 Å². The van der Waals surface area contributed by atoms with E-state index in [0.29, 0.717) is 35.8 Å². The molecule has 7 nitrogen and oxygen atoms in total. The third kappa shape index (κ3) is 4.16. The summed E-state index contributed by atoms with van der Waals surface area (Å²) in [5, 5.41) is 0. The van der Waals surface area contributed by atoms with Crippen molar-refractivity contribution in [2.24, 2.45) is 0 Å². The number of amides is 1. The van der Waals surface area contributed by atoms with E-state index in [1.54, 1.807) is 29.2 Å². The number of hydrogen-bond donors (Lipinski definition) is 1. The fourth-order valence-corrected chi connectivity index (χ4v) is 4.11. The van der Waals surface area contributed by atoms with Crippen LogP contribution in [0.4, 0.5) is 5.69 Å². The van der Waals surface area contributed by atoms with Crippen LogP contribution in [0.15, 0.2) is 47.4 Å². The first-order valence-electron chi connectivity index (χ1n) is 8.59. The predicted molar refractivity (Wildman–Crippen MR) is 102 cm³/mol. The van der Waals surface area contributed by atoms with E-state index in [4.69, 9.17) is 9.47 Å². The van der Waals surface area contributed by atoms with Crippen LogP contribution in [0.1, 0.15) is 23.2 Å². The highest BCUT2D eigenvalue weighted by Gasteiger charge is 2.22. The van der Waals surface area contributed by atoms with Crippen LogP contribution in [0.5, 0.6) is 11.5 Å². The third-order valence-corrected chi connectivity index (χ3v) is 5.80. The minimum Gasteiger partial charge on any atom is -0.493 e. The molecule has 2 aromatic carbocycles. The van der Waals surface area contributed by atoms with Crippen LogP contribution in [0.3, 0.4) is 0 Å². The van der Waals surface area contributed by atoms with Gasteiger partial charge in [-0.1, -0.05) is 6.07 Å². The molecule has 1 saturated heterocycles. The van der Waals surface area contributed by atoms with E-state index in [0.717, 1.165) is 12.8 Å². The highest BCUT2D eigenvalue weighted by Crippen LogP contribution is 2.30. The molecule has 1 aliphatic heterocycles. The van der Waals surface area contributed by atoms with E-state index in [2.05, 4.69) is 4.72 Å². The van der Waals surface area contributed by atoms with Gasteiger partial charge in [-0.2, -0.15) is 0 Å². The van der Waals surface area contributed by atoms with E-state index >= 15 is 0 Å². The molecule has 0 spiro atoms. The van der Waals surface area contributed by atoms with Gasteiger partial charge in [0.1, 0.15) is 0 Å². The maximum absolute atomic E-state index is 12.7. The van der Waals surface area contributed by atoms with Crippen molar-refractivity contribution >= 4 is 21.6 Å². The molecule has 1 fully saturated rings. The molecule has 1 heterocycles. The highest BCUT2D eigenvalue weighted by atomic mass is 32.2. The fourth-order valence-electron chi connectivity index (χ4n) is 3.01. The Bertz CT molecular complexity index is 937. The van der Waals surface area contributed by atoms with E-state index < -0.39 is 10.0 Å². The van der Waals surface area contributed by atoms with Gasteiger partial charge in [0.25, 0.3) is 15.9 Å². The van der Waals surface area contributed by atoms with Gasteiger partial charge in [-0.25, -0.2) is 8.42 Å². The Labute approximate surface area is 158 Å². The highest BCUT2D eigenvalue weighted by molar-refractivity contribution is 7.92. The van der Waals surface area contributed by atoms with Gasteiger partial charge in [0.2, 0.25) is 0 Å². The maximum atomic E-state index is 12.7. The molecule has 27 heavy (non-hydrogen) atoms. The van der Waals surface area contributed by atoms with E-state index in [9.17, 15) is 13.2 Å². The lowest BCUT2D eigenvalue weighted by atomic mass is 10.2. The summed E-state index contributed by atoms with van der Waals surface area (Å²) in [5.74, 6) is 0.769. The number of anilines is 1. The Hall–Kier alpha value is -2.74. The van der Waals surface area contributed by atoms with E-state index in [-0.39, 0.29) is 10.8 Å². The first-order chi connectivity index (χ1) is 12.9. The fraction of sp³-hybridized carbons (Fsp3) is 0.316. The molecule has 1 aliphatic rings. The number of ether oxygens (including phenoxy) is 2. The Morgan fingerprint density at radius 1 is 1.00 bits per heavy atom. The lowest BCUT2D eigenvalue weighted by molar-refractivity contribution is 0.0792. The largest absolute Gasteiger partial charge is 0.493 e. The molecule has 0 aromatic heterocycles. The van der Waals surface area contributed by atoms with Gasteiger partial charge >= 0.3 is 0 Å². The van der Waals surface area contributed by atoms with Gasteiger partial charge in [-0.3, -0.25) is 9.52 Å². The van der Waals surface area contributed by atoms with Crippen LogP contribution in [-0.2, 0) is 10.0 Å². The molecule has 8 heteroatoms. The molecular weight excluding hydrogens is 368 g/mol. The van der Waals surface area contributed by atoms with Crippen molar-refractivity contribution in [2.75, 3.05) is 32.0 Å². The van der Waals surface area contributed by atoms with E-state index in [1.807, 2.05) is 0 Å². The molecule has 0 bridgehead atoms. The number of nitrogens with zero attached hydrogens (tertiary/aromatic N) is 1. The van der Waals surface area contributed by atoms with Crippen LogP contribution in [0.25, 0.3) is 0 Å². The quantitative estimate of drug-likeness (QED) is 0.820. The first-order valence-corrected chi connectivity index (χ1v) is 10.1. The average Bonchev–Trinajstić information content (AvgIpc) is 3.22. The molecule has 0 radical (unpaired) electrons. The lowest BCUT2D eigenvalue weighted by Gasteiger charge is -2.16. The molecule has 1 N–H and O–H groups in total. The summed E-state index contributed by atoms with van der Waals surface area (Å²) in [4.78, 5) is 14.3. The van der Waals surface area contributed by atoms with Gasteiger partial charge in [-0.15, -0.1) is 0 Å². The van der Waals surface area contributed by atoms with Gasteiger partial charge in [-0.05, 0) is 43.2 Å². The van der Waals surface area contributed by atoms with Crippen molar-refractivity contribution in [3.05, 3.63) is 48.0 Å². The lowest BCUT2D eigenvalue weighted by Crippen LogP contribution is -2.27. The van der Waals surface area contributed by atoms with Crippen LogP contribution in [-0.4, -0.2) is 46.5 Å². The second-order valence-electron chi connectivity index (χ2n) is 6.20. The molecule has 0 unspecified atom stereocenters. The zero-order valence-corrected chi connectivity index (χ0v) is 16.1. The van der Waals surface area contributed by atoms with Crippen molar-refractivity contribution in [3.8, 4) is 11.5 Å². The number of sulfonamides is 1. The standard InChI is InChI=1S/C19H22N2O5S/c1-25-17-9-8-15(13-18(17)26-2)20-27(23,24)16-7-5-6-14(12-16)19(22)21-10-3-4-11-21/h5-9,12-13,20H,3-4,10-11H2,1-2H3. The number of benzene rings is 2. The smallest absolute Gasteiger partial charge is 0.261 e. The summed E-state index contributed by atoms with van der Waals surface area (Å²) < 4.78 is 38.3. The minimum atomic E-state index is -3.85. The summed E-state index contributed by atoms with van der Waals surface area (Å²) in [5.41, 5.74) is 0.705. The van der Waals surface area contributed by atoms with Crippen LogP contribution in [0, 0.1) is 0 Å². The Kier molecular flexibility index (Phi) is 5.55. The number of carbonyl (C=O) groups excluding carboxylic acids is 1. The van der Waals surface area contributed by atoms with Crippen molar-refractivity contribution in [3.63, 3.8) is 0 Å². The zero-order chi connectivity index (χ0) is 19.4. The van der Waals surface area contributed by atoms with Crippen molar-refractivity contribution < 1.29 is 22.7 Å². The van der Waals surface area contributed by atoms with Crippen LogP contribution >= 0.6 is 0 Å². The van der Waals surface area contributed by atoms with Gasteiger partial charge < -0.3 is 14.4 Å². The van der Waals surface area contributed by atoms with Gasteiger partial charge in [0.05, 0.1) is 24.8 Å². The van der Waals surface area contributed by atoms with Crippen LogP contribution in [0.2, 0.25) is 0 Å². The molecular formula is C19H22N2O5S. The number of nitrogens with one attached hydrogen (secondary N) is 1. The summed E-state index contributed by atoms with van der Waals surface area (Å²) in [7, 11) is -0.874. The maximum Gasteiger partial charge on any atom is 0.261 e. The number of rotatable bonds is 6. The zero-order valence-electron chi connectivity index (χ0n) is 15.3. The number of hydrogen-bond acceptors (Lipinski definition) is 5. The van der Waals surface area contributed by atoms with Crippen molar-refractivity contribution in [1.29, 1.82) is 0 Å². The normalized spacial score (nSPS) is 14.1. The molecule has 0 atom stereocenters. The SMILES string of the molecule is COc1ccc(NS(=O)(=O)c2cccc(C(=O)N3CCCC3)c2)cc1OC. The Morgan fingerprint density at radius 2 is 1.70 bits per heavy atom. The van der Waals surface area contributed by atoms with Crippen molar-refractivity contribution in [1.82, 2.24) is 4.90 Å². The molecule has 3 rings (SSSR count). The molecule has 1 amide bonds. The second-order valence-corrected chi connectivity index (χ2v) is 7.88. The molecule has 144 valence electrons. The Balaban J connectivity index is 1.85. The minimum absolute atomic E-state index is 0.0299. The summed E-state index contributed by atoms with van der Waals surface area (Å²) in [6.45, 7) is 1.42. The van der Waals surface area contributed by atoms with Gasteiger partial charge in [0.15, 0.2) is 11.5 Å². The number of methoxy groups -OCH3 is 2. The monoisotopic (exact) mass is 390 g/mol. The van der Waals surface area contributed by atoms with Gasteiger partial charge in [0, 0.05) is 24.7 Å². The van der Waals surface area contributed by atoms with Crippen molar-refractivity contribution in [2.45, 2.75) is 17.7 Å². The predicted octanol–water partition coefficient (Wildman–Crippen LogP) is 2.74. The average molecular weight is 390 g/mol. The number of likely N-dealkylation sites (tertiary alicyclic amines) is 1. The third-order valence-electron chi connectivity index (χ3n) is 4.42. The summed E-state index contributed by atoms with van der Waals surface area (Å²) >= 11 is 0. The van der Waals surface area contributed by atoms with E-state index in [1.165, 1.54) is 32.4 Å².